The molecular formula is C19H19FN2O6. The van der Waals surface area contributed by atoms with Crippen molar-refractivity contribution in [2.75, 3.05) is 14.2 Å². The summed E-state index contributed by atoms with van der Waals surface area (Å²) in [5.41, 5.74) is 0.629. The molecule has 0 fully saturated rings. The highest BCUT2D eigenvalue weighted by Crippen LogP contribution is 2.28. The van der Waals surface area contributed by atoms with Gasteiger partial charge in [-0.15, -0.1) is 0 Å². The van der Waals surface area contributed by atoms with Crippen molar-refractivity contribution in [1.82, 2.24) is 5.32 Å². The van der Waals surface area contributed by atoms with E-state index in [1.807, 2.05) is 0 Å². The van der Waals surface area contributed by atoms with Gasteiger partial charge in [-0.05, 0) is 29.3 Å². The Morgan fingerprint density at radius 1 is 1.18 bits per heavy atom. The SMILES string of the molecule is COC(=O)[C@@H](Cc1ccc(OC)c([N+](=O)[O-])c1)NC(=O)Cc1cccc(F)c1. The van der Waals surface area contributed by atoms with Gasteiger partial charge in [0.2, 0.25) is 5.91 Å². The van der Waals surface area contributed by atoms with Crippen LogP contribution in [-0.4, -0.2) is 37.1 Å². The van der Waals surface area contributed by atoms with E-state index in [1.165, 1.54) is 44.6 Å². The highest BCUT2D eigenvalue weighted by atomic mass is 19.1. The smallest absolute Gasteiger partial charge is 0.328 e. The standard InChI is InChI=1S/C19H19FN2O6/c1-27-17-7-6-13(10-16(17)22(25)26)9-15(19(24)28-2)21-18(23)11-12-4-3-5-14(20)8-12/h3-8,10,15H,9,11H2,1-2H3,(H,21,23)/t15-/m1/s1. The van der Waals surface area contributed by atoms with E-state index in [2.05, 4.69) is 5.32 Å². The summed E-state index contributed by atoms with van der Waals surface area (Å²) < 4.78 is 22.9. The molecule has 2 aromatic carbocycles. The number of nitrogens with one attached hydrogen (secondary N) is 1. The van der Waals surface area contributed by atoms with E-state index < -0.39 is 28.7 Å². The Morgan fingerprint density at radius 2 is 1.93 bits per heavy atom. The van der Waals surface area contributed by atoms with E-state index in [0.29, 0.717) is 11.1 Å². The Labute approximate surface area is 160 Å². The van der Waals surface area contributed by atoms with E-state index in [-0.39, 0.29) is 24.3 Å². The zero-order valence-electron chi connectivity index (χ0n) is 15.3. The van der Waals surface area contributed by atoms with E-state index in [1.54, 1.807) is 12.1 Å². The predicted molar refractivity (Wildman–Crippen MR) is 97.4 cm³/mol. The number of halogens is 1. The van der Waals surface area contributed by atoms with Gasteiger partial charge in [0.15, 0.2) is 5.75 Å². The predicted octanol–water partition coefficient (Wildman–Crippen LogP) is 2.19. The number of rotatable bonds is 8. The molecule has 28 heavy (non-hydrogen) atoms. The van der Waals surface area contributed by atoms with E-state index in [9.17, 15) is 24.1 Å². The number of methoxy groups -OCH3 is 2. The molecule has 0 bridgehead atoms. The van der Waals surface area contributed by atoms with Crippen molar-refractivity contribution in [2.45, 2.75) is 18.9 Å². The third-order valence-corrected chi connectivity index (χ3v) is 3.95. The van der Waals surface area contributed by atoms with E-state index in [4.69, 9.17) is 9.47 Å². The van der Waals surface area contributed by atoms with Gasteiger partial charge in [0.1, 0.15) is 11.9 Å². The van der Waals surface area contributed by atoms with Gasteiger partial charge < -0.3 is 14.8 Å². The van der Waals surface area contributed by atoms with Gasteiger partial charge in [-0.25, -0.2) is 9.18 Å². The molecule has 1 amide bonds. The number of carbonyl (C=O) groups excluding carboxylic acids is 2. The lowest BCUT2D eigenvalue weighted by Crippen LogP contribution is -2.43. The second-order valence-corrected chi connectivity index (χ2v) is 5.92. The maximum absolute atomic E-state index is 13.2. The van der Waals surface area contributed by atoms with Crippen molar-refractivity contribution in [1.29, 1.82) is 0 Å². The quantitative estimate of drug-likeness (QED) is 0.421. The molecule has 0 heterocycles. The summed E-state index contributed by atoms with van der Waals surface area (Å²) in [5.74, 6) is -1.60. The Balaban J connectivity index is 2.15. The van der Waals surface area contributed by atoms with Crippen molar-refractivity contribution in [2.24, 2.45) is 0 Å². The van der Waals surface area contributed by atoms with Crippen LogP contribution in [0.3, 0.4) is 0 Å². The molecule has 148 valence electrons. The fourth-order valence-corrected chi connectivity index (χ4v) is 2.65. The maximum atomic E-state index is 13.2. The first-order chi connectivity index (χ1) is 13.3. The Bertz CT molecular complexity index is 886. The molecule has 0 aliphatic heterocycles. The normalized spacial score (nSPS) is 11.4. The lowest BCUT2D eigenvalue weighted by atomic mass is 10.0. The average Bonchev–Trinajstić information content (AvgIpc) is 2.66. The van der Waals surface area contributed by atoms with Crippen LogP contribution in [-0.2, 0) is 27.2 Å². The minimum absolute atomic E-state index is 0.0214. The van der Waals surface area contributed by atoms with Crippen LogP contribution in [0.5, 0.6) is 5.75 Å². The molecule has 2 rings (SSSR count). The van der Waals surface area contributed by atoms with Crippen molar-refractivity contribution in [3.8, 4) is 5.75 Å². The van der Waals surface area contributed by atoms with Gasteiger partial charge in [-0.1, -0.05) is 18.2 Å². The van der Waals surface area contributed by atoms with Crippen molar-refractivity contribution in [3.05, 3.63) is 69.5 Å². The van der Waals surface area contributed by atoms with E-state index >= 15 is 0 Å². The molecule has 0 spiro atoms. The molecule has 0 aliphatic rings. The van der Waals surface area contributed by atoms with Crippen LogP contribution in [0.1, 0.15) is 11.1 Å². The number of nitrogens with zero attached hydrogens (tertiary/aromatic N) is 1. The number of nitro groups is 1. The molecule has 0 unspecified atom stereocenters. The van der Waals surface area contributed by atoms with Crippen LogP contribution in [0.25, 0.3) is 0 Å². The topological polar surface area (TPSA) is 108 Å². The molecule has 0 aliphatic carbocycles. The molecule has 8 nitrogen and oxygen atoms in total. The first kappa shape index (κ1) is 20.8. The summed E-state index contributed by atoms with van der Waals surface area (Å²) in [7, 11) is 2.48. The average molecular weight is 390 g/mol. The van der Waals surface area contributed by atoms with Gasteiger partial charge >= 0.3 is 11.7 Å². The van der Waals surface area contributed by atoms with Gasteiger partial charge in [0.05, 0.1) is 25.6 Å². The minimum Gasteiger partial charge on any atom is -0.490 e. The van der Waals surface area contributed by atoms with Gasteiger partial charge in [0.25, 0.3) is 0 Å². The number of esters is 1. The molecular weight excluding hydrogens is 371 g/mol. The van der Waals surface area contributed by atoms with Crippen LogP contribution < -0.4 is 10.1 Å². The van der Waals surface area contributed by atoms with Crippen molar-refractivity contribution in [3.63, 3.8) is 0 Å². The highest BCUT2D eigenvalue weighted by molar-refractivity contribution is 5.85. The molecule has 0 radical (unpaired) electrons. The van der Waals surface area contributed by atoms with E-state index in [0.717, 1.165) is 0 Å². The maximum Gasteiger partial charge on any atom is 0.328 e. The second kappa shape index (κ2) is 9.45. The Hall–Kier alpha value is -3.49. The molecule has 0 aromatic heterocycles. The molecule has 1 N–H and O–H groups in total. The molecule has 0 saturated heterocycles. The summed E-state index contributed by atoms with van der Waals surface area (Å²) in [4.78, 5) is 34.8. The molecule has 1 atom stereocenters. The van der Waals surface area contributed by atoms with Gasteiger partial charge in [-0.3, -0.25) is 14.9 Å². The van der Waals surface area contributed by atoms with Crippen molar-refractivity contribution >= 4 is 17.6 Å². The Morgan fingerprint density at radius 3 is 2.54 bits per heavy atom. The molecule has 9 heteroatoms. The lowest BCUT2D eigenvalue weighted by molar-refractivity contribution is -0.385. The number of benzene rings is 2. The number of carbonyl (C=O) groups is 2. The minimum atomic E-state index is -1.06. The lowest BCUT2D eigenvalue weighted by Gasteiger charge is -2.17. The number of nitro benzene ring substituents is 1. The van der Waals surface area contributed by atoms with Crippen molar-refractivity contribution < 1.29 is 28.4 Å². The van der Waals surface area contributed by atoms with Gasteiger partial charge in [-0.2, -0.15) is 0 Å². The second-order valence-electron chi connectivity index (χ2n) is 5.92. The van der Waals surface area contributed by atoms with Crippen LogP contribution in [0, 0.1) is 15.9 Å². The Kier molecular flexibility index (Phi) is 7.02. The van der Waals surface area contributed by atoms with Crippen LogP contribution in [0.4, 0.5) is 10.1 Å². The fraction of sp³-hybridized carbons (Fsp3) is 0.263. The molecule has 2 aromatic rings. The third-order valence-electron chi connectivity index (χ3n) is 3.95. The van der Waals surface area contributed by atoms with Crippen LogP contribution >= 0.6 is 0 Å². The monoisotopic (exact) mass is 390 g/mol. The summed E-state index contributed by atoms with van der Waals surface area (Å²) in [6, 6.07) is 8.73. The number of ether oxygens (including phenoxy) is 2. The summed E-state index contributed by atoms with van der Waals surface area (Å²) in [6.45, 7) is 0. The first-order valence-corrected chi connectivity index (χ1v) is 8.27. The number of hydrogen-bond acceptors (Lipinski definition) is 6. The van der Waals surface area contributed by atoms with Crippen LogP contribution in [0.15, 0.2) is 42.5 Å². The summed E-state index contributed by atoms with van der Waals surface area (Å²) in [5, 5.41) is 13.7. The fourth-order valence-electron chi connectivity index (χ4n) is 2.65. The third kappa shape index (κ3) is 5.50. The highest BCUT2D eigenvalue weighted by Gasteiger charge is 2.24. The molecule has 0 saturated carbocycles. The summed E-state index contributed by atoms with van der Waals surface area (Å²) >= 11 is 0. The zero-order chi connectivity index (χ0) is 20.7. The largest absolute Gasteiger partial charge is 0.490 e. The zero-order valence-corrected chi connectivity index (χ0v) is 15.3. The number of hydrogen-bond donors (Lipinski definition) is 1. The number of amides is 1. The first-order valence-electron chi connectivity index (χ1n) is 8.27. The van der Waals surface area contributed by atoms with Gasteiger partial charge in [0, 0.05) is 12.5 Å². The van der Waals surface area contributed by atoms with Crippen LogP contribution in [0.2, 0.25) is 0 Å². The summed E-state index contributed by atoms with van der Waals surface area (Å²) in [6.07, 6.45) is -0.152.